The van der Waals surface area contributed by atoms with Gasteiger partial charge in [0.25, 0.3) is 0 Å². The fourth-order valence-corrected chi connectivity index (χ4v) is 3.63. The van der Waals surface area contributed by atoms with Crippen LogP contribution in [0.3, 0.4) is 0 Å². The minimum absolute atomic E-state index is 0.480. The van der Waals surface area contributed by atoms with Gasteiger partial charge in [-0.25, -0.2) is 4.98 Å². The first-order chi connectivity index (χ1) is 9.28. The first kappa shape index (κ1) is 12.5. The van der Waals surface area contributed by atoms with Crippen molar-refractivity contribution in [3.63, 3.8) is 0 Å². The van der Waals surface area contributed by atoms with Crippen LogP contribution in [0, 0.1) is 17.8 Å². The molecule has 19 heavy (non-hydrogen) atoms. The molecule has 5 nitrogen and oxygen atoms in total. The van der Waals surface area contributed by atoms with Gasteiger partial charge in [0.1, 0.15) is 12.0 Å². The van der Waals surface area contributed by atoms with Crippen LogP contribution in [-0.4, -0.2) is 23.1 Å². The monoisotopic (exact) mass is 262 g/mol. The van der Waals surface area contributed by atoms with Crippen molar-refractivity contribution in [2.45, 2.75) is 32.6 Å². The zero-order valence-electron chi connectivity index (χ0n) is 11.4. The van der Waals surface area contributed by atoms with Gasteiger partial charge in [0.2, 0.25) is 5.88 Å². The molecule has 2 aliphatic carbocycles. The first-order valence-electron chi connectivity index (χ1n) is 7.25. The molecule has 0 saturated heterocycles. The molecule has 2 bridgehead atoms. The van der Waals surface area contributed by atoms with Crippen molar-refractivity contribution in [2.24, 2.45) is 17.8 Å². The average molecular weight is 262 g/mol. The fraction of sp³-hybridized carbons (Fsp3) is 0.714. The van der Waals surface area contributed by atoms with E-state index in [1.807, 2.05) is 6.92 Å². The topological polar surface area (TPSA) is 73.1 Å². The Bertz CT molecular complexity index is 451. The molecular formula is C14H22N4O. The van der Waals surface area contributed by atoms with Gasteiger partial charge in [0.05, 0.1) is 6.61 Å². The van der Waals surface area contributed by atoms with E-state index in [0.717, 1.165) is 24.3 Å². The number of nitrogen functional groups attached to an aromatic ring is 1. The van der Waals surface area contributed by atoms with E-state index in [4.69, 9.17) is 10.5 Å². The summed E-state index contributed by atoms with van der Waals surface area (Å²) in [5.74, 6) is 3.85. The quantitative estimate of drug-likeness (QED) is 0.852. The summed E-state index contributed by atoms with van der Waals surface area (Å²) >= 11 is 0. The standard InChI is InChI=1S/C14H22N4O/c1-2-19-14-12(15)13(17-8-18-14)16-7-11-6-9-3-4-10(11)5-9/h8-11H,2-7,15H2,1H3,(H,16,17,18). The van der Waals surface area contributed by atoms with E-state index in [1.165, 1.54) is 32.0 Å². The summed E-state index contributed by atoms with van der Waals surface area (Å²) in [6, 6.07) is 0. The Kier molecular flexibility index (Phi) is 3.44. The van der Waals surface area contributed by atoms with Crippen molar-refractivity contribution in [3.8, 4) is 5.88 Å². The van der Waals surface area contributed by atoms with E-state index in [9.17, 15) is 0 Å². The Hall–Kier alpha value is -1.52. The van der Waals surface area contributed by atoms with Gasteiger partial charge in [-0.2, -0.15) is 4.98 Å². The van der Waals surface area contributed by atoms with Gasteiger partial charge in [0.15, 0.2) is 5.82 Å². The SMILES string of the molecule is CCOc1ncnc(NCC2CC3CCC2C3)c1N. The molecule has 2 fully saturated rings. The van der Waals surface area contributed by atoms with Crippen LogP contribution in [0.25, 0.3) is 0 Å². The summed E-state index contributed by atoms with van der Waals surface area (Å²) in [6.45, 7) is 3.45. The molecule has 2 aliphatic rings. The van der Waals surface area contributed by atoms with Gasteiger partial charge in [-0.3, -0.25) is 0 Å². The highest BCUT2D eigenvalue weighted by molar-refractivity contribution is 5.66. The molecule has 104 valence electrons. The Labute approximate surface area is 114 Å². The summed E-state index contributed by atoms with van der Waals surface area (Å²) < 4.78 is 5.38. The third-order valence-corrected chi connectivity index (χ3v) is 4.54. The number of aromatic nitrogens is 2. The van der Waals surface area contributed by atoms with Gasteiger partial charge in [-0.1, -0.05) is 6.42 Å². The minimum atomic E-state index is 0.480. The third-order valence-electron chi connectivity index (χ3n) is 4.54. The highest BCUT2D eigenvalue weighted by Gasteiger charge is 2.39. The van der Waals surface area contributed by atoms with E-state index in [-0.39, 0.29) is 0 Å². The predicted octanol–water partition coefficient (Wildman–Crippen LogP) is 2.31. The predicted molar refractivity (Wildman–Crippen MR) is 75.0 cm³/mol. The molecule has 3 rings (SSSR count). The molecule has 3 unspecified atom stereocenters. The molecule has 0 spiro atoms. The molecule has 5 heteroatoms. The van der Waals surface area contributed by atoms with Crippen molar-refractivity contribution < 1.29 is 4.74 Å². The van der Waals surface area contributed by atoms with E-state index in [0.29, 0.717) is 24.0 Å². The van der Waals surface area contributed by atoms with E-state index < -0.39 is 0 Å². The second-order valence-electron chi connectivity index (χ2n) is 5.69. The summed E-state index contributed by atoms with van der Waals surface area (Å²) in [6.07, 6.45) is 7.13. The smallest absolute Gasteiger partial charge is 0.242 e. The van der Waals surface area contributed by atoms with Crippen LogP contribution >= 0.6 is 0 Å². The molecule has 0 amide bonds. The van der Waals surface area contributed by atoms with Crippen LogP contribution in [0.1, 0.15) is 32.6 Å². The fourth-order valence-electron chi connectivity index (χ4n) is 3.63. The Morgan fingerprint density at radius 1 is 1.37 bits per heavy atom. The largest absolute Gasteiger partial charge is 0.476 e. The molecule has 1 aromatic rings. The van der Waals surface area contributed by atoms with Gasteiger partial charge in [-0.05, 0) is 43.9 Å². The molecule has 3 N–H and O–H groups in total. The van der Waals surface area contributed by atoms with Crippen molar-refractivity contribution in [2.75, 3.05) is 24.2 Å². The number of ether oxygens (including phenoxy) is 1. The van der Waals surface area contributed by atoms with Crippen molar-refractivity contribution in [3.05, 3.63) is 6.33 Å². The highest BCUT2D eigenvalue weighted by Crippen LogP contribution is 2.48. The lowest BCUT2D eigenvalue weighted by atomic mass is 9.89. The van der Waals surface area contributed by atoms with Crippen molar-refractivity contribution >= 4 is 11.5 Å². The summed E-state index contributed by atoms with van der Waals surface area (Å²) in [7, 11) is 0. The number of hydrogen-bond donors (Lipinski definition) is 2. The lowest BCUT2D eigenvalue weighted by Crippen LogP contribution is -2.21. The molecular weight excluding hydrogens is 240 g/mol. The maximum Gasteiger partial charge on any atom is 0.242 e. The molecule has 0 aliphatic heterocycles. The molecule has 2 saturated carbocycles. The van der Waals surface area contributed by atoms with Crippen LogP contribution in [-0.2, 0) is 0 Å². The van der Waals surface area contributed by atoms with Crippen LogP contribution in [0.15, 0.2) is 6.33 Å². The van der Waals surface area contributed by atoms with E-state index in [2.05, 4.69) is 15.3 Å². The summed E-state index contributed by atoms with van der Waals surface area (Å²) in [4.78, 5) is 8.27. The average Bonchev–Trinajstić information content (AvgIpc) is 3.02. The highest BCUT2D eigenvalue weighted by atomic mass is 16.5. The van der Waals surface area contributed by atoms with Gasteiger partial charge in [0, 0.05) is 6.54 Å². The van der Waals surface area contributed by atoms with Crippen LogP contribution < -0.4 is 15.8 Å². The zero-order valence-corrected chi connectivity index (χ0v) is 11.4. The second-order valence-corrected chi connectivity index (χ2v) is 5.69. The number of fused-ring (bicyclic) bond motifs is 2. The third kappa shape index (κ3) is 2.46. The van der Waals surface area contributed by atoms with Crippen LogP contribution in [0.2, 0.25) is 0 Å². The van der Waals surface area contributed by atoms with Crippen LogP contribution in [0.5, 0.6) is 5.88 Å². The lowest BCUT2D eigenvalue weighted by molar-refractivity contribution is 0.328. The first-order valence-corrected chi connectivity index (χ1v) is 7.25. The summed E-state index contributed by atoms with van der Waals surface area (Å²) in [5.41, 5.74) is 6.54. The maximum absolute atomic E-state index is 6.02. The Balaban J connectivity index is 1.62. The number of hydrogen-bond acceptors (Lipinski definition) is 5. The minimum Gasteiger partial charge on any atom is -0.476 e. The van der Waals surface area contributed by atoms with Gasteiger partial charge < -0.3 is 15.8 Å². The van der Waals surface area contributed by atoms with Crippen LogP contribution in [0.4, 0.5) is 11.5 Å². The molecule has 1 aromatic heterocycles. The lowest BCUT2D eigenvalue weighted by Gasteiger charge is -2.22. The summed E-state index contributed by atoms with van der Waals surface area (Å²) in [5, 5.41) is 3.38. The number of nitrogens with two attached hydrogens (primary N) is 1. The number of nitrogens with zero attached hydrogens (tertiary/aromatic N) is 2. The molecule has 0 aromatic carbocycles. The van der Waals surface area contributed by atoms with Gasteiger partial charge in [-0.15, -0.1) is 0 Å². The Morgan fingerprint density at radius 2 is 2.26 bits per heavy atom. The zero-order chi connectivity index (χ0) is 13.2. The molecule has 0 radical (unpaired) electrons. The number of anilines is 2. The molecule has 3 atom stereocenters. The van der Waals surface area contributed by atoms with E-state index >= 15 is 0 Å². The van der Waals surface area contributed by atoms with Crippen molar-refractivity contribution in [1.29, 1.82) is 0 Å². The van der Waals surface area contributed by atoms with E-state index in [1.54, 1.807) is 0 Å². The van der Waals surface area contributed by atoms with Gasteiger partial charge >= 0.3 is 0 Å². The normalized spacial score (nSPS) is 28.6. The second kappa shape index (κ2) is 5.23. The number of nitrogens with one attached hydrogen (secondary N) is 1. The maximum atomic E-state index is 6.02. The molecule has 1 heterocycles. The Morgan fingerprint density at radius 3 is 2.95 bits per heavy atom. The van der Waals surface area contributed by atoms with Crippen molar-refractivity contribution in [1.82, 2.24) is 9.97 Å². The number of rotatable bonds is 5.